The van der Waals surface area contributed by atoms with E-state index < -0.39 is 5.82 Å². The van der Waals surface area contributed by atoms with Crippen LogP contribution in [-0.4, -0.2) is 120 Å². The molecule has 0 unspecified atom stereocenters. The van der Waals surface area contributed by atoms with Crippen LogP contribution in [0.2, 0.25) is 0 Å². The molecule has 3 fully saturated rings. The molecule has 11 heteroatoms. The van der Waals surface area contributed by atoms with Crippen molar-refractivity contribution in [2.24, 2.45) is 5.92 Å². The fraction of sp³-hybridized carbons (Fsp3) is 0.515. The highest BCUT2D eigenvalue weighted by molar-refractivity contribution is 5.95. The van der Waals surface area contributed by atoms with E-state index in [1.807, 2.05) is 17.0 Å². The molecule has 3 aliphatic rings. The molecule has 3 saturated heterocycles. The molecular weight excluding hydrogens is 561 g/mol. The minimum absolute atomic E-state index is 0.00847. The van der Waals surface area contributed by atoms with Gasteiger partial charge >= 0.3 is 0 Å². The van der Waals surface area contributed by atoms with Crippen molar-refractivity contribution in [3.8, 4) is 0 Å². The number of amides is 2. The van der Waals surface area contributed by atoms with E-state index in [0.717, 1.165) is 63.1 Å². The Kier molecular flexibility index (Phi) is 9.34. The summed E-state index contributed by atoms with van der Waals surface area (Å²) < 4.78 is 14.9. The van der Waals surface area contributed by atoms with Gasteiger partial charge in [0.25, 0.3) is 11.5 Å². The number of carbonyl (C=O) groups is 2. The van der Waals surface area contributed by atoms with Gasteiger partial charge in [-0.15, -0.1) is 0 Å². The molecule has 0 spiro atoms. The zero-order valence-electron chi connectivity index (χ0n) is 25.4. The van der Waals surface area contributed by atoms with E-state index in [4.69, 9.17) is 0 Å². The maximum absolute atomic E-state index is 14.9. The molecule has 1 atom stereocenters. The van der Waals surface area contributed by atoms with E-state index in [9.17, 15) is 18.8 Å². The lowest BCUT2D eigenvalue weighted by Gasteiger charge is -2.39. The van der Waals surface area contributed by atoms with Crippen molar-refractivity contribution in [3.63, 3.8) is 0 Å². The van der Waals surface area contributed by atoms with Crippen molar-refractivity contribution in [1.82, 2.24) is 35.1 Å². The number of hydrogen-bond acceptors (Lipinski definition) is 7. The van der Waals surface area contributed by atoms with E-state index >= 15 is 0 Å². The normalized spacial score (nSPS) is 20.7. The summed E-state index contributed by atoms with van der Waals surface area (Å²) in [7, 11) is 0. The molecule has 0 bridgehead atoms. The van der Waals surface area contributed by atoms with Crippen molar-refractivity contribution in [3.05, 3.63) is 75.5 Å². The monoisotopic (exact) mass is 603 g/mol. The average molecular weight is 604 g/mol. The van der Waals surface area contributed by atoms with Crippen molar-refractivity contribution in [2.75, 3.05) is 72.0 Å². The van der Waals surface area contributed by atoms with Crippen LogP contribution in [0.15, 0.2) is 47.3 Å². The Hall–Kier alpha value is -3.67. The fourth-order valence-electron chi connectivity index (χ4n) is 6.84. The highest BCUT2D eigenvalue weighted by Crippen LogP contribution is 2.21. The molecule has 2 amide bonds. The Balaban J connectivity index is 0.996. The lowest BCUT2D eigenvalue weighted by molar-refractivity contribution is -0.134. The number of benzene rings is 2. The third-order valence-corrected chi connectivity index (χ3v) is 9.36. The number of hydrogen-bond donors (Lipinski definition) is 2. The molecule has 2 N–H and O–H groups in total. The van der Waals surface area contributed by atoms with Crippen LogP contribution in [-0.2, 0) is 11.2 Å². The van der Waals surface area contributed by atoms with Crippen LogP contribution in [0.5, 0.6) is 0 Å². The average Bonchev–Trinajstić information content (AvgIpc) is 3.04. The second kappa shape index (κ2) is 13.5. The number of rotatable bonds is 7. The molecule has 6 rings (SSSR count). The van der Waals surface area contributed by atoms with E-state index in [1.165, 1.54) is 6.07 Å². The van der Waals surface area contributed by atoms with Gasteiger partial charge in [-0.05, 0) is 62.5 Å². The van der Waals surface area contributed by atoms with Crippen LogP contribution in [0.3, 0.4) is 0 Å². The molecule has 4 heterocycles. The number of aromatic amines is 1. The zero-order chi connectivity index (χ0) is 30.6. The van der Waals surface area contributed by atoms with Crippen LogP contribution in [0.25, 0.3) is 10.8 Å². The molecule has 0 radical (unpaired) electrons. The first-order chi connectivity index (χ1) is 21.3. The third-order valence-electron chi connectivity index (χ3n) is 9.36. The highest BCUT2D eigenvalue weighted by atomic mass is 19.1. The number of halogens is 1. The molecule has 1 aromatic heterocycles. The van der Waals surface area contributed by atoms with E-state index in [0.29, 0.717) is 62.2 Å². The Morgan fingerprint density at radius 3 is 2.41 bits per heavy atom. The predicted octanol–water partition coefficient (Wildman–Crippen LogP) is 1.94. The van der Waals surface area contributed by atoms with Crippen LogP contribution >= 0.6 is 0 Å². The molecule has 44 heavy (non-hydrogen) atoms. The van der Waals surface area contributed by atoms with E-state index in [-0.39, 0.29) is 22.9 Å². The molecule has 3 aromatic rings. The van der Waals surface area contributed by atoms with Crippen molar-refractivity contribution >= 4 is 22.6 Å². The van der Waals surface area contributed by atoms with Crippen molar-refractivity contribution in [1.29, 1.82) is 0 Å². The number of piperazine rings is 2. The number of likely N-dealkylation sites (tertiary alicyclic amines) is 1. The molecule has 2 aromatic carbocycles. The Morgan fingerprint density at radius 1 is 0.932 bits per heavy atom. The van der Waals surface area contributed by atoms with Gasteiger partial charge < -0.3 is 20.0 Å². The lowest BCUT2D eigenvalue weighted by atomic mass is 9.95. The van der Waals surface area contributed by atoms with Crippen LogP contribution in [0, 0.1) is 11.7 Å². The minimum atomic E-state index is -0.577. The van der Waals surface area contributed by atoms with Gasteiger partial charge in [0, 0.05) is 70.2 Å². The summed E-state index contributed by atoms with van der Waals surface area (Å²) in [4.78, 5) is 46.9. The quantitative estimate of drug-likeness (QED) is 0.426. The first-order valence-electron chi connectivity index (χ1n) is 15.8. The highest BCUT2D eigenvalue weighted by Gasteiger charge is 2.29. The SMILES string of the molecule is C[C@H]1CN(CC2CCN(CC(=O)N3CCN(C(=O)c4cc(Cc5n[nH]c(=O)c6ccccc56)ccc4F)CC3)CC2)CCN1. The second-order valence-corrected chi connectivity index (χ2v) is 12.5. The van der Waals surface area contributed by atoms with Gasteiger partial charge in [0.15, 0.2) is 0 Å². The number of aromatic nitrogens is 2. The Labute approximate surface area is 257 Å². The summed E-state index contributed by atoms with van der Waals surface area (Å²) >= 11 is 0. The van der Waals surface area contributed by atoms with Gasteiger partial charge in [0.2, 0.25) is 5.91 Å². The number of fused-ring (bicyclic) bond motifs is 1. The standard InChI is InChI=1S/C33H42FN7O3/c1-23-20-39(13-10-35-23)21-24-8-11-38(12-9-24)22-31(42)40-14-16-41(17-15-40)33(44)28-18-25(6-7-29(28)34)19-30-26-4-2-3-5-27(26)32(43)37-36-30/h2-7,18,23-24,35H,8-17,19-22H2,1H3,(H,37,43)/t23-/m0/s1. The molecular formula is C33H42FN7O3. The van der Waals surface area contributed by atoms with E-state index in [2.05, 4.69) is 32.2 Å². The first-order valence-corrected chi connectivity index (χ1v) is 15.8. The fourth-order valence-corrected chi connectivity index (χ4v) is 6.84. The molecule has 0 aliphatic carbocycles. The molecule has 3 aliphatic heterocycles. The second-order valence-electron chi connectivity index (χ2n) is 12.5. The topological polar surface area (TPSA) is 105 Å². The van der Waals surface area contributed by atoms with Gasteiger partial charge in [-0.3, -0.25) is 19.3 Å². The predicted molar refractivity (Wildman–Crippen MR) is 167 cm³/mol. The maximum atomic E-state index is 14.9. The zero-order valence-corrected chi connectivity index (χ0v) is 25.4. The number of piperidine rings is 1. The Morgan fingerprint density at radius 2 is 1.66 bits per heavy atom. The summed E-state index contributed by atoms with van der Waals surface area (Å²) in [5.41, 5.74) is 1.11. The van der Waals surface area contributed by atoms with Gasteiger partial charge in [-0.25, -0.2) is 9.49 Å². The summed E-state index contributed by atoms with van der Waals surface area (Å²) in [6.07, 6.45) is 2.58. The number of H-pyrrole nitrogens is 1. The van der Waals surface area contributed by atoms with Gasteiger partial charge in [0.05, 0.1) is 23.2 Å². The Bertz CT molecular complexity index is 1550. The number of carbonyl (C=O) groups excluding carboxylic acids is 2. The van der Waals surface area contributed by atoms with Crippen LogP contribution in [0.4, 0.5) is 4.39 Å². The maximum Gasteiger partial charge on any atom is 0.272 e. The lowest BCUT2D eigenvalue weighted by Crippen LogP contribution is -2.53. The molecule has 10 nitrogen and oxygen atoms in total. The summed E-state index contributed by atoms with van der Waals surface area (Å²) in [6, 6.07) is 12.3. The minimum Gasteiger partial charge on any atom is -0.338 e. The van der Waals surface area contributed by atoms with E-state index in [1.54, 1.807) is 29.2 Å². The van der Waals surface area contributed by atoms with Gasteiger partial charge in [-0.2, -0.15) is 5.10 Å². The summed E-state index contributed by atoms with van der Waals surface area (Å²) in [5.74, 6) is -0.171. The number of nitrogens with one attached hydrogen (secondary N) is 2. The number of nitrogens with zero attached hydrogens (tertiary/aromatic N) is 5. The van der Waals surface area contributed by atoms with Gasteiger partial charge in [0.1, 0.15) is 5.82 Å². The third kappa shape index (κ3) is 7.00. The van der Waals surface area contributed by atoms with Crippen LogP contribution in [0.1, 0.15) is 41.4 Å². The summed E-state index contributed by atoms with van der Waals surface area (Å²) in [5, 5.41) is 11.5. The van der Waals surface area contributed by atoms with Crippen molar-refractivity contribution in [2.45, 2.75) is 32.2 Å². The molecule has 0 saturated carbocycles. The largest absolute Gasteiger partial charge is 0.338 e. The summed E-state index contributed by atoms with van der Waals surface area (Å²) in [6.45, 7) is 10.6. The smallest absolute Gasteiger partial charge is 0.272 e. The van der Waals surface area contributed by atoms with Gasteiger partial charge in [-0.1, -0.05) is 24.3 Å². The van der Waals surface area contributed by atoms with Crippen molar-refractivity contribution < 1.29 is 14.0 Å². The van der Waals surface area contributed by atoms with Crippen LogP contribution < -0.4 is 10.9 Å². The molecule has 234 valence electrons. The first kappa shape index (κ1) is 30.4.